The molecule has 3 saturated heterocycles. The summed E-state index contributed by atoms with van der Waals surface area (Å²) < 4.78 is 6.48. The van der Waals surface area contributed by atoms with Gasteiger partial charge in [-0.3, -0.25) is 39.1 Å². The van der Waals surface area contributed by atoms with Crippen LogP contribution < -0.4 is 15.0 Å². The van der Waals surface area contributed by atoms with Crippen LogP contribution in [0.4, 0.5) is 11.4 Å². The minimum atomic E-state index is -1.02. The van der Waals surface area contributed by atoms with Gasteiger partial charge in [-0.1, -0.05) is 57.2 Å². The molecule has 0 spiro atoms. The van der Waals surface area contributed by atoms with Crippen LogP contribution in [0.3, 0.4) is 0 Å². The maximum atomic E-state index is 13.8. The number of imide groups is 2. The summed E-state index contributed by atoms with van der Waals surface area (Å²) >= 11 is 6.30. The van der Waals surface area contributed by atoms with Crippen LogP contribution in [0.5, 0.6) is 5.75 Å². The molecule has 302 valence electrons. The second-order valence-electron chi connectivity index (χ2n) is 17.7. The molecular weight excluding hydrogens is 770 g/mol. The maximum absolute atomic E-state index is 13.8. The number of fused-ring (bicyclic) bond motifs is 2. The fraction of sp³-hybridized carbons (Fsp3) is 0.444. The van der Waals surface area contributed by atoms with E-state index in [1.165, 1.54) is 0 Å². The first-order valence-electron chi connectivity index (χ1n) is 20.2. The monoisotopic (exact) mass is 813 g/mol. The lowest BCUT2D eigenvalue weighted by atomic mass is 9.49. The third-order valence-electron chi connectivity index (χ3n) is 13.3. The van der Waals surface area contributed by atoms with Crippen molar-refractivity contribution >= 4 is 52.5 Å². The number of aromatic nitrogens is 1. The summed E-state index contributed by atoms with van der Waals surface area (Å²) in [5.41, 5.74) is 3.31. The third kappa shape index (κ3) is 6.43. The van der Waals surface area contributed by atoms with E-state index in [0.29, 0.717) is 29.0 Å². The lowest BCUT2D eigenvalue weighted by Crippen LogP contribution is -2.74. The summed E-state index contributed by atoms with van der Waals surface area (Å²) in [7, 11) is 0. The molecule has 59 heavy (non-hydrogen) atoms. The second kappa shape index (κ2) is 14.2. The number of ether oxygens (including phenoxy) is 1. The molecule has 3 aromatic rings. The summed E-state index contributed by atoms with van der Waals surface area (Å²) in [5, 5.41) is 2.58. The minimum Gasteiger partial charge on any atom is -0.489 e. The molecule has 1 aliphatic carbocycles. The highest BCUT2D eigenvalue weighted by atomic mass is 35.5. The van der Waals surface area contributed by atoms with Crippen molar-refractivity contribution in [3.8, 4) is 17.6 Å². The lowest BCUT2D eigenvalue weighted by molar-refractivity contribution is -0.199. The predicted molar refractivity (Wildman–Crippen MR) is 218 cm³/mol. The summed E-state index contributed by atoms with van der Waals surface area (Å²) in [4.78, 5) is 79.5. The average Bonchev–Trinajstić information content (AvgIpc) is 3.62. The average molecular weight is 814 g/mol. The molecule has 1 atom stereocenters. The zero-order valence-electron chi connectivity index (χ0n) is 33.4. The Kier molecular flexibility index (Phi) is 9.33. The standard InChI is InChI=1S/C45H44ClN7O6/c1-44(2)42(45(3,4)43(44)59-30-9-11-34(47-5)33(46)20-30)52-22-27-18-26(8-10-31(27)39(52)56)7-6-25-14-16-50(17-15-25)29-23-51(24-29)28-19-32-37(48-21-28)41(58)53(40(32)57)35-12-13-36(54)49-38(35)55/h8-11,18-21,25,29,35,42-43H,12-17,22-24H2,1-4H3,(H,49,54,55). The maximum Gasteiger partial charge on any atom is 0.280 e. The van der Waals surface area contributed by atoms with Gasteiger partial charge in [0, 0.05) is 66.0 Å². The molecule has 4 fully saturated rings. The number of anilines is 1. The van der Waals surface area contributed by atoms with Crippen LogP contribution in [0.25, 0.3) is 4.85 Å². The summed E-state index contributed by atoms with van der Waals surface area (Å²) in [6, 6.07) is 12.0. The number of likely N-dealkylation sites (tertiary alicyclic amines) is 1. The van der Waals surface area contributed by atoms with E-state index in [1.807, 2.05) is 17.0 Å². The molecule has 0 bridgehead atoms. The Labute approximate surface area is 347 Å². The van der Waals surface area contributed by atoms with Gasteiger partial charge in [-0.05, 0) is 74.3 Å². The second-order valence-corrected chi connectivity index (χ2v) is 18.2. The highest BCUT2D eigenvalue weighted by Crippen LogP contribution is 2.59. The summed E-state index contributed by atoms with van der Waals surface area (Å²) in [6.07, 6.45) is 3.52. The van der Waals surface area contributed by atoms with E-state index in [0.717, 1.165) is 66.3 Å². The van der Waals surface area contributed by atoms with Gasteiger partial charge in [0.15, 0.2) is 0 Å². The number of rotatable bonds is 6. The van der Waals surface area contributed by atoms with Gasteiger partial charge in [0.05, 0.1) is 29.0 Å². The molecule has 1 aromatic heterocycles. The highest BCUT2D eigenvalue weighted by Gasteiger charge is 2.67. The Morgan fingerprint density at radius 2 is 1.66 bits per heavy atom. The molecule has 1 unspecified atom stereocenters. The van der Waals surface area contributed by atoms with Crippen molar-refractivity contribution in [1.29, 1.82) is 0 Å². The van der Waals surface area contributed by atoms with E-state index >= 15 is 0 Å². The number of hydrogen-bond donors (Lipinski definition) is 1. The Morgan fingerprint density at radius 3 is 2.36 bits per heavy atom. The molecule has 6 heterocycles. The SMILES string of the molecule is [C-]#[N+]c1ccc(OC2C(C)(C)C(N3Cc4cc(C#CC5CCN(C6CN(c7cnc8c(c7)C(=O)N(C7CCC(=O)NC7=O)C8=O)C6)CC5)ccc4C3=O)C2(C)C)cc1Cl. The zero-order valence-corrected chi connectivity index (χ0v) is 34.1. The number of pyridine rings is 1. The quantitative estimate of drug-likeness (QED) is 0.195. The van der Waals surface area contributed by atoms with Gasteiger partial charge < -0.3 is 14.5 Å². The lowest BCUT2D eigenvalue weighted by Gasteiger charge is -2.65. The van der Waals surface area contributed by atoms with Crippen molar-refractivity contribution in [2.24, 2.45) is 16.7 Å². The zero-order chi connectivity index (χ0) is 41.5. The van der Waals surface area contributed by atoms with Crippen molar-refractivity contribution < 1.29 is 28.7 Å². The molecule has 13 nitrogen and oxygen atoms in total. The fourth-order valence-corrected chi connectivity index (χ4v) is 10.8. The molecule has 1 N–H and O–H groups in total. The molecule has 6 aliphatic rings. The minimum absolute atomic E-state index is 0.0305. The molecule has 5 aliphatic heterocycles. The Bertz CT molecular complexity index is 2440. The Balaban J connectivity index is 0.777. The Morgan fingerprint density at radius 1 is 0.915 bits per heavy atom. The van der Waals surface area contributed by atoms with Crippen LogP contribution in [-0.4, -0.2) is 99.6 Å². The molecule has 14 heteroatoms. The van der Waals surface area contributed by atoms with Crippen LogP contribution in [0.15, 0.2) is 48.7 Å². The number of nitrogens with zero attached hydrogens (tertiary/aromatic N) is 6. The van der Waals surface area contributed by atoms with E-state index in [1.54, 1.807) is 30.5 Å². The van der Waals surface area contributed by atoms with Gasteiger partial charge in [-0.2, -0.15) is 0 Å². The molecule has 1 saturated carbocycles. The largest absolute Gasteiger partial charge is 0.489 e. The van der Waals surface area contributed by atoms with E-state index in [9.17, 15) is 24.0 Å². The van der Waals surface area contributed by atoms with Crippen LogP contribution >= 0.6 is 11.6 Å². The number of piperidine rings is 2. The predicted octanol–water partition coefficient (Wildman–Crippen LogP) is 5.48. The van der Waals surface area contributed by atoms with E-state index in [4.69, 9.17) is 22.9 Å². The van der Waals surface area contributed by atoms with Crippen molar-refractivity contribution in [2.75, 3.05) is 31.1 Å². The first-order valence-corrected chi connectivity index (χ1v) is 20.5. The van der Waals surface area contributed by atoms with Gasteiger partial charge in [-0.25, -0.2) is 9.83 Å². The summed E-state index contributed by atoms with van der Waals surface area (Å²) in [5.74, 6) is 5.62. The number of carbonyl (C=O) groups is 5. The number of benzene rings is 2. The Hall–Kier alpha value is -5.76. The molecule has 0 radical (unpaired) electrons. The van der Waals surface area contributed by atoms with Crippen LogP contribution in [0, 0.1) is 35.2 Å². The van der Waals surface area contributed by atoms with Gasteiger partial charge in [0.1, 0.15) is 23.6 Å². The van der Waals surface area contributed by atoms with Gasteiger partial charge >= 0.3 is 0 Å². The van der Waals surface area contributed by atoms with Gasteiger partial charge in [-0.15, -0.1) is 0 Å². The van der Waals surface area contributed by atoms with Crippen molar-refractivity contribution in [3.05, 3.63) is 93.0 Å². The van der Waals surface area contributed by atoms with Crippen LogP contribution in [0.2, 0.25) is 5.02 Å². The van der Waals surface area contributed by atoms with Crippen molar-refractivity contribution in [1.82, 2.24) is 25.0 Å². The topological polar surface area (TPSA) is 137 Å². The van der Waals surface area contributed by atoms with E-state index in [-0.39, 0.29) is 58.9 Å². The number of amides is 5. The molecular formula is C45H44ClN7O6. The van der Waals surface area contributed by atoms with Gasteiger partial charge in [0.2, 0.25) is 17.5 Å². The number of carbonyl (C=O) groups excluding carboxylic acids is 5. The van der Waals surface area contributed by atoms with Gasteiger partial charge in [0.25, 0.3) is 17.7 Å². The number of hydrogen-bond acceptors (Lipinski definition) is 9. The van der Waals surface area contributed by atoms with E-state index in [2.05, 4.69) is 70.5 Å². The van der Waals surface area contributed by atoms with Crippen molar-refractivity contribution in [3.63, 3.8) is 0 Å². The first kappa shape index (κ1) is 38.7. The first-order chi connectivity index (χ1) is 28.1. The molecule has 2 aromatic carbocycles. The number of halogens is 1. The van der Waals surface area contributed by atoms with Crippen LogP contribution in [-0.2, 0) is 16.1 Å². The highest BCUT2D eigenvalue weighted by molar-refractivity contribution is 6.33. The summed E-state index contributed by atoms with van der Waals surface area (Å²) in [6.45, 7) is 19.8. The smallest absolute Gasteiger partial charge is 0.280 e. The van der Waals surface area contributed by atoms with Crippen LogP contribution in [0.1, 0.15) is 95.7 Å². The third-order valence-corrected chi connectivity index (χ3v) is 13.6. The fourth-order valence-electron chi connectivity index (χ4n) is 10.6. The normalized spacial score (nSPS) is 25.1. The molecule has 5 amide bonds. The van der Waals surface area contributed by atoms with Crippen molar-refractivity contribution in [2.45, 2.75) is 84.2 Å². The molecule has 9 rings (SSSR count). The van der Waals surface area contributed by atoms with E-state index < -0.39 is 29.7 Å². The number of nitrogens with one attached hydrogen (secondary N) is 1.